The van der Waals surface area contributed by atoms with Crippen LogP contribution in [-0.4, -0.2) is 52.6 Å². The van der Waals surface area contributed by atoms with Crippen LogP contribution in [0.15, 0.2) is 42.9 Å². The van der Waals surface area contributed by atoms with Gasteiger partial charge in [-0.25, -0.2) is 4.98 Å². The molecule has 0 saturated carbocycles. The number of carbonyl (C=O) groups is 1. The number of piperidine rings is 1. The topological polar surface area (TPSA) is 58.6 Å². The van der Waals surface area contributed by atoms with Crippen LogP contribution in [0.4, 0.5) is 5.69 Å². The van der Waals surface area contributed by atoms with Crippen LogP contribution >= 0.6 is 11.6 Å². The molecule has 3 heterocycles. The Labute approximate surface area is 157 Å². The van der Waals surface area contributed by atoms with Crippen LogP contribution in [0.2, 0.25) is 5.02 Å². The van der Waals surface area contributed by atoms with E-state index in [1.165, 1.54) is 0 Å². The molecule has 7 heteroatoms. The van der Waals surface area contributed by atoms with Crippen LogP contribution in [-0.2, 0) is 4.79 Å². The first-order valence-electron chi connectivity index (χ1n) is 8.94. The van der Waals surface area contributed by atoms with Gasteiger partial charge in [-0.3, -0.25) is 14.7 Å². The number of benzene rings is 1. The molecular formula is C19H21ClN4O2. The number of carbonyl (C=O) groups excluding carboxylic acids is 1. The molecule has 136 valence electrons. The first-order valence-corrected chi connectivity index (χ1v) is 9.32. The second-order valence-electron chi connectivity index (χ2n) is 6.67. The lowest BCUT2D eigenvalue weighted by atomic mass is 10.0. The molecule has 2 aliphatic heterocycles. The van der Waals surface area contributed by atoms with Crippen molar-refractivity contribution in [1.82, 2.24) is 14.9 Å². The van der Waals surface area contributed by atoms with Gasteiger partial charge >= 0.3 is 0 Å². The third-order valence-corrected chi connectivity index (χ3v) is 5.28. The van der Waals surface area contributed by atoms with Gasteiger partial charge in [0, 0.05) is 42.7 Å². The number of likely N-dealkylation sites (tertiary alicyclic amines) is 1. The van der Waals surface area contributed by atoms with Crippen molar-refractivity contribution in [3.8, 4) is 5.88 Å². The zero-order chi connectivity index (χ0) is 17.9. The Balaban J connectivity index is 1.34. The van der Waals surface area contributed by atoms with Crippen LogP contribution in [0.3, 0.4) is 0 Å². The number of nitrogens with zero attached hydrogens (tertiary/aromatic N) is 4. The molecule has 0 bridgehead atoms. The minimum Gasteiger partial charge on any atom is -0.473 e. The molecule has 0 aliphatic carbocycles. The first kappa shape index (κ1) is 17.2. The molecule has 26 heavy (non-hydrogen) atoms. The van der Waals surface area contributed by atoms with Crippen molar-refractivity contribution in [1.29, 1.82) is 0 Å². The molecule has 1 aromatic heterocycles. The summed E-state index contributed by atoms with van der Waals surface area (Å²) < 4.78 is 5.89. The molecule has 4 rings (SSSR count). The van der Waals surface area contributed by atoms with Crippen molar-refractivity contribution < 1.29 is 9.53 Å². The highest BCUT2D eigenvalue weighted by Crippen LogP contribution is 2.28. The Morgan fingerprint density at radius 1 is 1.12 bits per heavy atom. The maximum absolute atomic E-state index is 12.9. The fourth-order valence-electron chi connectivity index (χ4n) is 3.73. The molecule has 1 atom stereocenters. The summed E-state index contributed by atoms with van der Waals surface area (Å²) in [5, 5.41) is 0.653. The van der Waals surface area contributed by atoms with Gasteiger partial charge in [0.2, 0.25) is 11.8 Å². The summed E-state index contributed by atoms with van der Waals surface area (Å²) in [6.45, 7) is 2.44. The molecular weight excluding hydrogens is 352 g/mol. The van der Waals surface area contributed by atoms with Crippen molar-refractivity contribution in [2.24, 2.45) is 0 Å². The molecule has 1 unspecified atom stereocenters. The molecule has 1 aromatic carbocycles. The molecule has 2 aromatic rings. The molecule has 2 fully saturated rings. The highest BCUT2D eigenvalue weighted by molar-refractivity contribution is 6.30. The number of hydrogen-bond donors (Lipinski definition) is 0. The van der Waals surface area contributed by atoms with Crippen molar-refractivity contribution in [3.05, 3.63) is 47.9 Å². The maximum Gasteiger partial charge on any atom is 0.244 e. The molecule has 2 aliphatic rings. The van der Waals surface area contributed by atoms with E-state index < -0.39 is 0 Å². The predicted octanol–water partition coefficient (Wildman–Crippen LogP) is 2.78. The zero-order valence-electron chi connectivity index (χ0n) is 14.4. The fraction of sp³-hybridized carbons (Fsp3) is 0.421. The lowest BCUT2D eigenvalue weighted by Gasteiger charge is -2.34. The number of ether oxygens (including phenoxy) is 1. The van der Waals surface area contributed by atoms with Crippen molar-refractivity contribution >= 4 is 23.2 Å². The predicted molar refractivity (Wildman–Crippen MR) is 99.5 cm³/mol. The van der Waals surface area contributed by atoms with Crippen LogP contribution in [0.1, 0.15) is 19.3 Å². The maximum atomic E-state index is 12.9. The van der Waals surface area contributed by atoms with Crippen LogP contribution < -0.4 is 9.64 Å². The van der Waals surface area contributed by atoms with Gasteiger partial charge < -0.3 is 9.64 Å². The zero-order valence-corrected chi connectivity index (χ0v) is 15.2. The van der Waals surface area contributed by atoms with Gasteiger partial charge in [0.15, 0.2) is 0 Å². The highest BCUT2D eigenvalue weighted by atomic mass is 35.5. The summed E-state index contributed by atoms with van der Waals surface area (Å²) in [6, 6.07) is 7.44. The van der Waals surface area contributed by atoms with Crippen LogP contribution in [0, 0.1) is 0 Å². The second-order valence-corrected chi connectivity index (χ2v) is 7.11. The van der Waals surface area contributed by atoms with Gasteiger partial charge in [-0.1, -0.05) is 17.7 Å². The van der Waals surface area contributed by atoms with E-state index in [0.717, 1.165) is 44.6 Å². The van der Waals surface area contributed by atoms with E-state index in [4.69, 9.17) is 16.3 Å². The van der Waals surface area contributed by atoms with E-state index in [2.05, 4.69) is 14.9 Å². The lowest BCUT2D eigenvalue weighted by molar-refractivity contribution is -0.122. The Bertz CT molecular complexity index is 765. The van der Waals surface area contributed by atoms with E-state index in [-0.39, 0.29) is 18.1 Å². The number of hydrogen-bond acceptors (Lipinski definition) is 5. The Morgan fingerprint density at radius 2 is 1.96 bits per heavy atom. The Morgan fingerprint density at radius 3 is 2.69 bits per heavy atom. The summed E-state index contributed by atoms with van der Waals surface area (Å²) in [4.78, 5) is 25.2. The van der Waals surface area contributed by atoms with Gasteiger partial charge in [-0.2, -0.15) is 0 Å². The van der Waals surface area contributed by atoms with Crippen molar-refractivity contribution in [2.45, 2.75) is 31.4 Å². The smallest absolute Gasteiger partial charge is 0.244 e. The SMILES string of the molecule is O=C1C(N2CCC(Oc3cnccn3)CC2)CCN1c1cccc(Cl)c1. The number of halogens is 1. The van der Waals surface area contributed by atoms with Crippen molar-refractivity contribution in [3.63, 3.8) is 0 Å². The minimum absolute atomic E-state index is 0.0496. The Kier molecular flexibility index (Phi) is 5.04. The van der Waals surface area contributed by atoms with E-state index in [1.807, 2.05) is 29.2 Å². The summed E-state index contributed by atoms with van der Waals surface area (Å²) in [5.74, 6) is 0.732. The monoisotopic (exact) mass is 372 g/mol. The first-order chi connectivity index (χ1) is 12.7. The summed E-state index contributed by atoms with van der Waals surface area (Å²) in [6.07, 6.45) is 7.65. The van der Waals surface area contributed by atoms with Gasteiger partial charge in [0.25, 0.3) is 0 Å². The molecule has 2 saturated heterocycles. The van der Waals surface area contributed by atoms with Gasteiger partial charge in [-0.15, -0.1) is 0 Å². The summed E-state index contributed by atoms with van der Waals surface area (Å²) >= 11 is 6.07. The Hall–Kier alpha value is -2.18. The third-order valence-electron chi connectivity index (χ3n) is 5.04. The minimum atomic E-state index is -0.0496. The molecule has 6 nitrogen and oxygen atoms in total. The summed E-state index contributed by atoms with van der Waals surface area (Å²) in [7, 11) is 0. The largest absolute Gasteiger partial charge is 0.473 e. The quantitative estimate of drug-likeness (QED) is 0.826. The molecule has 1 amide bonds. The fourth-order valence-corrected chi connectivity index (χ4v) is 3.91. The average Bonchev–Trinajstić information content (AvgIpc) is 3.05. The van der Waals surface area contributed by atoms with Gasteiger partial charge in [-0.05, 0) is 37.5 Å². The van der Waals surface area contributed by atoms with Crippen molar-refractivity contribution in [2.75, 3.05) is 24.5 Å². The van der Waals surface area contributed by atoms with E-state index in [0.29, 0.717) is 10.9 Å². The highest BCUT2D eigenvalue weighted by Gasteiger charge is 2.38. The summed E-state index contributed by atoms with van der Waals surface area (Å²) in [5.41, 5.74) is 0.880. The average molecular weight is 373 g/mol. The molecule has 0 spiro atoms. The van der Waals surface area contributed by atoms with Gasteiger partial charge in [0.05, 0.1) is 12.2 Å². The molecule has 0 radical (unpaired) electrons. The normalized spacial score (nSPS) is 22.0. The number of aromatic nitrogens is 2. The van der Waals surface area contributed by atoms with E-state index in [1.54, 1.807) is 18.6 Å². The van der Waals surface area contributed by atoms with E-state index in [9.17, 15) is 4.79 Å². The van der Waals surface area contributed by atoms with Crippen LogP contribution in [0.5, 0.6) is 5.88 Å². The second kappa shape index (κ2) is 7.60. The standard InChI is InChI=1S/C19H21ClN4O2/c20-14-2-1-3-15(12-14)24-11-6-17(19(24)25)23-9-4-16(5-10-23)26-18-13-21-7-8-22-18/h1-3,7-8,12-13,16-17H,4-6,9-11H2. The lowest BCUT2D eigenvalue weighted by Crippen LogP contribution is -2.47. The number of anilines is 1. The van der Waals surface area contributed by atoms with E-state index >= 15 is 0 Å². The number of amides is 1. The van der Waals surface area contributed by atoms with Gasteiger partial charge in [0.1, 0.15) is 6.10 Å². The molecule has 0 N–H and O–H groups in total. The van der Waals surface area contributed by atoms with Crippen LogP contribution in [0.25, 0.3) is 0 Å². The number of rotatable bonds is 4. The third kappa shape index (κ3) is 3.66.